The zero-order chi connectivity index (χ0) is 19.7. The summed E-state index contributed by atoms with van der Waals surface area (Å²) in [5, 5.41) is 10.6. The summed E-state index contributed by atoms with van der Waals surface area (Å²) in [4.78, 5) is 14.6. The van der Waals surface area contributed by atoms with Crippen molar-refractivity contribution in [2.75, 3.05) is 19.6 Å². The molecule has 2 heterocycles. The number of piperidine rings is 1. The molecule has 1 saturated heterocycles. The number of amides is 1. The number of benzene rings is 2. The Hall–Kier alpha value is -2.37. The Bertz CT molecular complexity index is 844. The lowest BCUT2D eigenvalue weighted by Crippen LogP contribution is -2.44. The summed E-state index contributed by atoms with van der Waals surface area (Å²) in [6, 6.07) is 13.4. The number of hydrogen-bond acceptors (Lipinski definition) is 4. The van der Waals surface area contributed by atoms with Crippen LogP contribution < -0.4 is 5.73 Å². The van der Waals surface area contributed by atoms with Gasteiger partial charge in [-0.25, -0.2) is 0 Å². The van der Waals surface area contributed by atoms with Crippen molar-refractivity contribution in [3.63, 3.8) is 0 Å². The summed E-state index contributed by atoms with van der Waals surface area (Å²) < 4.78 is 6.34. The van der Waals surface area contributed by atoms with Gasteiger partial charge in [-0.3, -0.25) is 4.79 Å². The molecule has 2 atom stereocenters. The molecule has 2 aliphatic heterocycles. The van der Waals surface area contributed by atoms with Crippen LogP contribution in [0, 0.1) is 12.8 Å². The summed E-state index contributed by atoms with van der Waals surface area (Å²) in [6.45, 7) is 3.79. The molecule has 4 rings (SSSR count). The molecule has 1 amide bonds. The lowest BCUT2D eigenvalue weighted by atomic mass is 9.83. The molecule has 0 bridgehead atoms. The fourth-order valence-electron chi connectivity index (χ4n) is 4.52. The van der Waals surface area contributed by atoms with E-state index in [0.717, 1.165) is 48.2 Å². The fourth-order valence-corrected chi connectivity index (χ4v) is 4.52. The van der Waals surface area contributed by atoms with E-state index in [1.807, 2.05) is 54.3 Å². The number of aromatic hydroxyl groups is 1. The number of carbonyl (C=O) groups excluding carboxylic acids is 1. The fraction of sp³-hybridized carbons (Fsp3) is 0.435. The number of hydrogen-bond donors (Lipinski definition) is 2. The number of phenols is 1. The SMILES string of the molecule is Cc1ccc2c(c1O)CC(C1CCN(C(=O)c3ccccc3)CC1)OC2CN. The van der Waals surface area contributed by atoms with E-state index in [0.29, 0.717) is 24.6 Å². The monoisotopic (exact) mass is 380 g/mol. The van der Waals surface area contributed by atoms with E-state index >= 15 is 0 Å². The molecule has 0 aliphatic carbocycles. The van der Waals surface area contributed by atoms with Crippen LogP contribution in [-0.2, 0) is 11.2 Å². The highest BCUT2D eigenvalue weighted by atomic mass is 16.5. The van der Waals surface area contributed by atoms with Crippen molar-refractivity contribution in [2.24, 2.45) is 11.7 Å². The summed E-state index contributed by atoms with van der Waals surface area (Å²) in [6.07, 6.45) is 2.37. The van der Waals surface area contributed by atoms with Crippen LogP contribution >= 0.6 is 0 Å². The molecule has 2 aromatic carbocycles. The topological polar surface area (TPSA) is 75.8 Å². The van der Waals surface area contributed by atoms with Crippen molar-refractivity contribution in [1.29, 1.82) is 0 Å². The van der Waals surface area contributed by atoms with E-state index in [-0.39, 0.29) is 18.1 Å². The van der Waals surface area contributed by atoms with Crippen LogP contribution in [-0.4, -0.2) is 41.7 Å². The third kappa shape index (κ3) is 3.52. The van der Waals surface area contributed by atoms with Gasteiger partial charge < -0.3 is 20.5 Å². The molecular weight excluding hydrogens is 352 g/mol. The number of phenolic OH excluding ortho intramolecular Hbond substituents is 1. The van der Waals surface area contributed by atoms with Gasteiger partial charge in [-0.15, -0.1) is 0 Å². The number of rotatable bonds is 3. The van der Waals surface area contributed by atoms with Gasteiger partial charge in [0.15, 0.2) is 0 Å². The van der Waals surface area contributed by atoms with Crippen LogP contribution in [0.25, 0.3) is 0 Å². The Kier molecular flexibility index (Phi) is 5.38. The predicted molar refractivity (Wildman–Crippen MR) is 108 cm³/mol. The highest BCUT2D eigenvalue weighted by molar-refractivity contribution is 5.94. The molecule has 0 radical (unpaired) electrons. The lowest BCUT2D eigenvalue weighted by Gasteiger charge is -2.40. The van der Waals surface area contributed by atoms with Gasteiger partial charge in [-0.05, 0) is 48.9 Å². The van der Waals surface area contributed by atoms with Gasteiger partial charge in [-0.1, -0.05) is 30.3 Å². The third-order valence-electron chi connectivity index (χ3n) is 6.20. The highest BCUT2D eigenvalue weighted by Gasteiger charge is 2.36. The van der Waals surface area contributed by atoms with Gasteiger partial charge in [0.1, 0.15) is 5.75 Å². The lowest BCUT2D eigenvalue weighted by molar-refractivity contribution is -0.0632. The van der Waals surface area contributed by atoms with Crippen molar-refractivity contribution in [1.82, 2.24) is 4.90 Å². The van der Waals surface area contributed by atoms with Gasteiger partial charge in [0.2, 0.25) is 0 Å². The molecule has 5 nitrogen and oxygen atoms in total. The number of fused-ring (bicyclic) bond motifs is 1. The number of ether oxygens (including phenoxy) is 1. The first-order chi connectivity index (χ1) is 13.6. The maximum Gasteiger partial charge on any atom is 0.253 e. The van der Waals surface area contributed by atoms with E-state index in [9.17, 15) is 9.90 Å². The Morgan fingerprint density at radius 1 is 1.18 bits per heavy atom. The minimum absolute atomic E-state index is 0.0303. The van der Waals surface area contributed by atoms with Gasteiger partial charge in [0.05, 0.1) is 12.2 Å². The van der Waals surface area contributed by atoms with Gasteiger partial charge in [0.25, 0.3) is 5.91 Å². The highest BCUT2D eigenvalue weighted by Crippen LogP contribution is 2.40. The first kappa shape index (κ1) is 19.0. The Balaban J connectivity index is 1.45. The molecule has 0 saturated carbocycles. The van der Waals surface area contributed by atoms with Crippen LogP contribution in [0.4, 0.5) is 0 Å². The van der Waals surface area contributed by atoms with E-state index in [1.165, 1.54) is 0 Å². The first-order valence-corrected chi connectivity index (χ1v) is 10.1. The van der Waals surface area contributed by atoms with Crippen molar-refractivity contribution in [2.45, 2.75) is 38.4 Å². The molecule has 1 fully saturated rings. The van der Waals surface area contributed by atoms with Gasteiger partial charge in [-0.2, -0.15) is 0 Å². The molecular formula is C23H28N2O3. The predicted octanol–water partition coefficient (Wildman–Crippen LogP) is 3.19. The average Bonchev–Trinajstić information content (AvgIpc) is 2.76. The van der Waals surface area contributed by atoms with Crippen molar-refractivity contribution in [3.8, 4) is 5.75 Å². The van der Waals surface area contributed by atoms with Gasteiger partial charge >= 0.3 is 0 Å². The molecule has 28 heavy (non-hydrogen) atoms. The molecule has 2 unspecified atom stereocenters. The number of carbonyl (C=O) groups is 1. The average molecular weight is 380 g/mol. The van der Waals surface area contributed by atoms with E-state index in [2.05, 4.69) is 0 Å². The zero-order valence-electron chi connectivity index (χ0n) is 16.3. The summed E-state index contributed by atoms with van der Waals surface area (Å²) >= 11 is 0. The molecule has 2 aliphatic rings. The molecule has 148 valence electrons. The molecule has 0 aromatic heterocycles. The van der Waals surface area contributed by atoms with Crippen LogP contribution in [0.1, 0.15) is 46.0 Å². The third-order valence-corrected chi connectivity index (χ3v) is 6.20. The Morgan fingerprint density at radius 2 is 1.89 bits per heavy atom. The standard InChI is InChI=1S/C23H28N2O3/c1-15-7-8-18-19(22(15)26)13-20(28-21(18)14-24)16-9-11-25(12-10-16)23(27)17-5-3-2-4-6-17/h2-8,16,20-21,26H,9-14,24H2,1H3. The second kappa shape index (κ2) is 7.94. The number of nitrogens with two attached hydrogens (primary N) is 1. The van der Waals surface area contributed by atoms with Crippen molar-refractivity contribution >= 4 is 5.91 Å². The Morgan fingerprint density at radius 3 is 2.57 bits per heavy atom. The first-order valence-electron chi connectivity index (χ1n) is 10.1. The van der Waals surface area contributed by atoms with Crippen LogP contribution in [0.5, 0.6) is 5.75 Å². The molecule has 3 N–H and O–H groups in total. The van der Waals surface area contributed by atoms with Crippen LogP contribution in [0.2, 0.25) is 0 Å². The molecule has 0 spiro atoms. The minimum atomic E-state index is -0.177. The quantitative estimate of drug-likeness (QED) is 0.857. The Labute approximate surface area is 166 Å². The zero-order valence-corrected chi connectivity index (χ0v) is 16.3. The number of likely N-dealkylation sites (tertiary alicyclic amines) is 1. The van der Waals surface area contributed by atoms with E-state index < -0.39 is 0 Å². The van der Waals surface area contributed by atoms with Crippen LogP contribution in [0.15, 0.2) is 42.5 Å². The number of nitrogens with zero attached hydrogens (tertiary/aromatic N) is 1. The molecule has 2 aromatic rings. The second-order valence-corrected chi connectivity index (χ2v) is 7.90. The summed E-state index contributed by atoms with van der Waals surface area (Å²) in [5.74, 6) is 0.838. The largest absolute Gasteiger partial charge is 0.507 e. The normalized spacial score (nSPS) is 22.7. The minimum Gasteiger partial charge on any atom is -0.507 e. The second-order valence-electron chi connectivity index (χ2n) is 7.90. The smallest absolute Gasteiger partial charge is 0.253 e. The van der Waals surface area contributed by atoms with Gasteiger partial charge in [0, 0.05) is 37.2 Å². The maximum absolute atomic E-state index is 12.7. The summed E-state index contributed by atoms with van der Waals surface area (Å²) in [5.41, 5.74) is 9.59. The van der Waals surface area contributed by atoms with Crippen LogP contribution in [0.3, 0.4) is 0 Å². The maximum atomic E-state index is 12.7. The van der Waals surface area contributed by atoms with E-state index in [4.69, 9.17) is 10.5 Å². The summed E-state index contributed by atoms with van der Waals surface area (Å²) in [7, 11) is 0. The van der Waals surface area contributed by atoms with E-state index in [1.54, 1.807) is 0 Å². The van der Waals surface area contributed by atoms with Crippen molar-refractivity contribution < 1.29 is 14.6 Å². The van der Waals surface area contributed by atoms with Crippen molar-refractivity contribution in [3.05, 3.63) is 64.7 Å². The molecule has 5 heteroatoms. The number of aryl methyl sites for hydroxylation is 1.